The zero-order valence-corrected chi connectivity index (χ0v) is 15.7. The highest BCUT2D eigenvalue weighted by Crippen LogP contribution is 2.25. The lowest BCUT2D eigenvalue weighted by atomic mass is 9.97. The van der Waals surface area contributed by atoms with Crippen molar-refractivity contribution in [1.82, 2.24) is 10.2 Å². The zero-order valence-electron chi connectivity index (χ0n) is 15.7. The van der Waals surface area contributed by atoms with Crippen LogP contribution in [0.5, 0.6) is 0 Å². The van der Waals surface area contributed by atoms with E-state index >= 15 is 0 Å². The summed E-state index contributed by atoms with van der Waals surface area (Å²) in [6, 6.07) is 4.41. The molecule has 0 aliphatic carbocycles. The van der Waals surface area contributed by atoms with Gasteiger partial charge in [-0.2, -0.15) is 0 Å². The Kier molecular flexibility index (Phi) is 7.68. The number of anilines is 1. The molecule has 0 radical (unpaired) electrons. The summed E-state index contributed by atoms with van der Waals surface area (Å²) < 4.78 is 5.07. The number of benzene rings is 1. The van der Waals surface area contributed by atoms with Crippen LogP contribution in [0.4, 0.5) is 11.4 Å². The number of ether oxygens (including phenoxy) is 1. The molecule has 1 aromatic rings. The minimum Gasteiger partial charge on any atom is -0.383 e. The van der Waals surface area contributed by atoms with E-state index in [-0.39, 0.29) is 11.4 Å². The number of nitro groups is 1. The molecular formula is C18H26N4O5. The third-order valence-electron chi connectivity index (χ3n) is 4.67. The number of carbonyl (C=O) groups is 2. The standard InChI is InChI=1S/C18H26N4O5/c1-13-3-4-15(16(11-13)22(25)26)20-18(24)17(23)19-12-14-5-7-21(8-6-14)9-10-27-2/h3-4,11,14H,5-10,12H2,1-2H3,(H,19,23)(H,20,24). The summed E-state index contributed by atoms with van der Waals surface area (Å²) in [5, 5.41) is 16.0. The van der Waals surface area contributed by atoms with Crippen LogP contribution in [0.3, 0.4) is 0 Å². The molecule has 2 amide bonds. The maximum atomic E-state index is 12.0. The number of methoxy groups -OCH3 is 1. The number of hydrogen-bond donors (Lipinski definition) is 2. The van der Waals surface area contributed by atoms with Gasteiger partial charge in [0.2, 0.25) is 0 Å². The molecule has 1 fully saturated rings. The van der Waals surface area contributed by atoms with Crippen LogP contribution in [0.15, 0.2) is 18.2 Å². The summed E-state index contributed by atoms with van der Waals surface area (Å²) in [5.41, 5.74) is 0.470. The monoisotopic (exact) mass is 378 g/mol. The topological polar surface area (TPSA) is 114 Å². The van der Waals surface area contributed by atoms with Crippen molar-refractivity contribution in [2.24, 2.45) is 5.92 Å². The van der Waals surface area contributed by atoms with Crippen molar-refractivity contribution in [2.45, 2.75) is 19.8 Å². The maximum Gasteiger partial charge on any atom is 0.313 e. The second kappa shape index (κ2) is 9.98. The lowest BCUT2D eigenvalue weighted by Crippen LogP contribution is -2.42. The van der Waals surface area contributed by atoms with E-state index in [1.54, 1.807) is 20.1 Å². The first-order chi connectivity index (χ1) is 12.9. The first-order valence-electron chi connectivity index (χ1n) is 8.96. The average molecular weight is 378 g/mol. The number of rotatable bonds is 7. The van der Waals surface area contributed by atoms with Gasteiger partial charge in [-0.3, -0.25) is 19.7 Å². The van der Waals surface area contributed by atoms with Gasteiger partial charge in [-0.15, -0.1) is 0 Å². The molecular weight excluding hydrogens is 352 g/mol. The number of nitro benzene ring substituents is 1. The molecule has 9 heteroatoms. The number of likely N-dealkylation sites (tertiary alicyclic amines) is 1. The molecule has 0 unspecified atom stereocenters. The average Bonchev–Trinajstić information content (AvgIpc) is 2.66. The molecule has 0 bridgehead atoms. The van der Waals surface area contributed by atoms with E-state index in [9.17, 15) is 19.7 Å². The summed E-state index contributed by atoms with van der Waals surface area (Å²) in [6.45, 7) is 5.60. The Morgan fingerprint density at radius 1 is 1.30 bits per heavy atom. The lowest BCUT2D eigenvalue weighted by molar-refractivity contribution is -0.384. The van der Waals surface area contributed by atoms with Gasteiger partial charge < -0.3 is 20.3 Å². The van der Waals surface area contributed by atoms with Crippen LogP contribution in [0.2, 0.25) is 0 Å². The van der Waals surface area contributed by atoms with Crippen LogP contribution in [-0.2, 0) is 14.3 Å². The number of carbonyl (C=O) groups excluding carboxylic acids is 2. The molecule has 1 heterocycles. The van der Waals surface area contributed by atoms with Gasteiger partial charge >= 0.3 is 11.8 Å². The van der Waals surface area contributed by atoms with Crippen molar-refractivity contribution in [1.29, 1.82) is 0 Å². The summed E-state index contributed by atoms with van der Waals surface area (Å²) in [6.07, 6.45) is 1.88. The molecule has 0 atom stereocenters. The number of amides is 2. The normalized spacial score (nSPS) is 15.3. The van der Waals surface area contributed by atoms with Crippen LogP contribution < -0.4 is 10.6 Å². The number of piperidine rings is 1. The van der Waals surface area contributed by atoms with Gasteiger partial charge in [-0.25, -0.2) is 0 Å². The van der Waals surface area contributed by atoms with E-state index in [1.165, 1.54) is 12.1 Å². The van der Waals surface area contributed by atoms with Crippen molar-refractivity contribution in [3.05, 3.63) is 33.9 Å². The van der Waals surface area contributed by atoms with Crippen molar-refractivity contribution >= 4 is 23.2 Å². The summed E-state index contributed by atoms with van der Waals surface area (Å²) >= 11 is 0. The number of nitrogens with zero attached hydrogens (tertiary/aromatic N) is 2. The van der Waals surface area contributed by atoms with E-state index in [1.807, 2.05) is 0 Å². The fourth-order valence-corrected chi connectivity index (χ4v) is 3.03. The van der Waals surface area contributed by atoms with Crippen molar-refractivity contribution in [3.63, 3.8) is 0 Å². The van der Waals surface area contributed by atoms with Crippen LogP contribution in [-0.4, -0.2) is 61.5 Å². The largest absolute Gasteiger partial charge is 0.383 e. The molecule has 1 aliphatic heterocycles. The fourth-order valence-electron chi connectivity index (χ4n) is 3.03. The highest BCUT2D eigenvalue weighted by atomic mass is 16.6. The van der Waals surface area contributed by atoms with Crippen molar-refractivity contribution in [3.8, 4) is 0 Å². The van der Waals surface area contributed by atoms with Gasteiger partial charge in [-0.1, -0.05) is 6.07 Å². The Hall–Kier alpha value is -2.52. The molecule has 0 aromatic heterocycles. The predicted molar refractivity (Wildman–Crippen MR) is 101 cm³/mol. The molecule has 0 saturated carbocycles. The number of hydrogen-bond acceptors (Lipinski definition) is 6. The van der Waals surface area contributed by atoms with E-state index in [4.69, 9.17) is 4.74 Å². The third-order valence-corrected chi connectivity index (χ3v) is 4.67. The van der Waals surface area contributed by atoms with Gasteiger partial charge in [0, 0.05) is 26.3 Å². The maximum absolute atomic E-state index is 12.0. The third kappa shape index (κ3) is 6.30. The van der Waals surface area contributed by atoms with Crippen LogP contribution >= 0.6 is 0 Å². The van der Waals surface area contributed by atoms with Gasteiger partial charge in [0.1, 0.15) is 5.69 Å². The van der Waals surface area contributed by atoms with Crippen molar-refractivity contribution in [2.75, 3.05) is 45.2 Å². The quantitative estimate of drug-likeness (QED) is 0.420. The minimum absolute atomic E-state index is 0.0113. The fraction of sp³-hybridized carbons (Fsp3) is 0.556. The smallest absolute Gasteiger partial charge is 0.313 e. The minimum atomic E-state index is -0.903. The molecule has 27 heavy (non-hydrogen) atoms. The predicted octanol–water partition coefficient (Wildman–Crippen LogP) is 1.32. The van der Waals surface area contributed by atoms with Crippen LogP contribution in [0.1, 0.15) is 18.4 Å². The van der Waals surface area contributed by atoms with Crippen LogP contribution in [0.25, 0.3) is 0 Å². The summed E-state index contributed by atoms with van der Waals surface area (Å²) in [7, 11) is 1.68. The van der Waals surface area contributed by atoms with E-state index in [0.717, 1.165) is 32.5 Å². The number of nitrogens with one attached hydrogen (secondary N) is 2. The SMILES string of the molecule is COCCN1CCC(CNC(=O)C(=O)Nc2ccc(C)cc2[N+](=O)[O-])CC1. The second-order valence-electron chi connectivity index (χ2n) is 6.72. The van der Waals surface area contributed by atoms with Crippen molar-refractivity contribution < 1.29 is 19.2 Å². The molecule has 1 saturated heterocycles. The Morgan fingerprint density at radius 3 is 2.63 bits per heavy atom. The Balaban J connectivity index is 1.80. The Bertz CT molecular complexity index is 686. The highest BCUT2D eigenvalue weighted by molar-refractivity contribution is 6.39. The highest BCUT2D eigenvalue weighted by Gasteiger charge is 2.23. The Morgan fingerprint density at radius 2 is 2.00 bits per heavy atom. The summed E-state index contributed by atoms with van der Waals surface area (Å²) in [5.74, 6) is -1.37. The Labute approximate surface area is 158 Å². The van der Waals surface area contributed by atoms with Gasteiger partial charge in [0.15, 0.2) is 0 Å². The lowest BCUT2D eigenvalue weighted by Gasteiger charge is -2.31. The van der Waals surface area contributed by atoms with Crippen LogP contribution in [0, 0.1) is 23.0 Å². The molecule has 2 N–H and O–H groups in total. The molecule has 0 spiro atoms. The van der Waals surface area contributed by atoms with E-state index < -0.39 is 16.7 Å². The molecule has 148 valence electrons. The van der Waals surface area contributed by atoms with Gasteiger partial charge in [0.05, 0.1) is 11.5 Å². The van der Waals surface area contributed by atoms with Gasteiger partial charge in [0.25, 0.3) is 5.69 Å². The van der Waals surface area contributed by atoms with Gasteiger partial charge in [-0.05, 0) is 50.4 Å². The molecule has 9 nitrogen and oxygen atoms in total. The summed E-state index contributed by atoms with van der Waals surface area (Å²) in [4.78, 5) is 36.9. The molecule has 1 aromatic carbocycles. The molecule has 1 aliphatic rings. The zero-order chi connectivity index (χ0) is 19.8. The first kappa shape index (κ1) is 20.8. The van der Waals surface area contributed by atoms with E-state index in [0.29, 0.717) is 24.6 Å². The first-order valence-corrected chi connectivity index (χ1v) is 8.96. The molecule has 2 rings (SSSR count). The van der Waals surface area contributed by atoms with E-state index in [2.05, 4.69) is 15.5 Å². The number of aryl methyl sites for hydroxylation is 1. The second-order valence-corrected chi connectivity index (χ2v) is 6.72.